The van der Waals surface area contributed by atoms with E-state index in [1.165, 1.54) is 12.1 Å². The van der Waals surface area contributed by atoms with Gasteiger partial charge >= 0.3 is 0 Å². The fourth-order valence-corrected chi connectivity index (χ4v) is 3.90. The molecule has 1 aliphatic heterocycles. The third-order valence-electron chi connectivity index (χ3n) is 5.68. The minimum Gasteiger partial charge on any atom is -0.379 e. The lowest BCUT2D eigenvalue weighted by molar-refractivity contribution is 0.0383. The van der Waals surface area contributed by atoms with Crippen LogP contribution in [0.3, 0.4) is 0 Å². The van der Waals surface area contributed by atoms with Gasteiger partial charge in [0.25, 0.3) is 5.91 Å². The van der Waals surface area contributed by atoms with Gasteiger partial charge in [0.15, 0.2) is 5.69 Å². The number of ether oxygens (including phenoxy) is 1. The van der Waals surface area contributed by atoms with Crippen molar-refractivity contribution in [2.24, 2.45) is 0 Å². The summed E-state index contributed by atoms with van der Waals surface area (Å²) in [6, 6.07) is 16.1. The predicted molar refractivity (Wildman–Crippen MR) is 120 cm³/mol. The Hall–Kier alpha value is -3.49. The Kier molecular flexibility index (Phi) is 5.70. The molecule has 1 aliphatic rings. The van der Waals surface area contributed by atoms with Crippen LogP contribution in [0.1, 0.15) is 10.5 Å². The number of halogens is 1. The number of carbonyl (C=O) groups excluding carboxylic acids is 1. The maximum Gasteiger partial charge on any atom is 0.271 e. The van der Waals surface area contributed by atoms with Crippen molar-refractivity contribution >= 4 is 11.4 Å². The second kappa shape index (κ2) is 8.94. The number of hydrogen-bond acceptors (Lipinski definition) is 4. The molecule has 0 atom stereocenters. The zero-order valence-corrected chi connectivity index (χ0v) is 17.6. The summed E-state index contributed by atoms with van der Waals surface area (Å²) < 4.78 is 22.3. The maximum absolute atomic E-state index is 13.3. The molecule has 0 spiro atoms. The molecule has 0 radical (unpaired) electrons. The summed E-state index contributed by atoms with van der Waals surface area (Å²) in [4.78, 5) is 14.8. The highest BCUT2D eigenvalue weighted by Gasteiger charge is 2.14. The summed E-state index contributed by atoms with van der Waals surface area (Å²) in [6.07, 6.45) is 3.77. The number of pyridine rings is 1. The van der Waals surface area contributed by atoms with E-state index < -0.39 is 0 Å². The number of aromatic nitrogens is 3. The molecule has 0 bridgehead atoms. The van der Waals surface area contributed by atoms with E-state index in [4.69, 9.17) is 4.74 Å². The van der Waals surface area contributed by atoms with E-state index in [9.17, 15) is 9.18 Å². The summed E-state index contributed by atoms with van der Waals surface area (Å²) in [5.41, 5.74) is 3.26. The first-order valence-corrected chi connectivity index (χ1v) is 10.7. The van der Waals surface area contributed by atoms with E-state index in [-0.39, 0.29) is 11.7 Å². The average molecular weight is 433 g/mol. The van der Waals surface area contributed by atoms with Gasteiger partial charge in [-0.15, -0.1) is 0 Å². The molecule has 0 aliphatic carbocycles. The maximum atomic E-state index is 13.3. The molecular weight excluding hydrogens is 409 g/mol. The van der Waals surface area contributed by atoms with E-state index in [0.717, 1.165) is 55.3 Å². The van der Waals surface area contributed by atoms with Crippen LogP contribution in [0, 0.1) is 5.82 Å². The van der Waals surface area contributed by atoms with E-state index in [0.29, 0.717) is 12.2 Å². The van der Waals surface area contributed by atoms with Crippen LogP contribution >= 0.6 is 0 Å². The lowest BCUT2D eigenvalue weighted by Crippen LogP contribution is -2.41. The number of benzene rings is 1. The Balaban J connectivity index is 1.31. The molecule has 32 heavy (non-hydrogen) atoms. The summed E-state index contributed by atoms with van der Waals surface area (Å²) in [5.74, 6) is 0.366. The first-order chi connectivity index (χ1) is 15.7. The Morgan fingerprint density at radius 3 is 2.56 bits per heavy atom. The number of amides is 1. The van der Waals surface area contributed by atoms with Crippen LogP contribution in [0.2, 0.25) is 0 Å². The normalized spacial score (nSPS) is 14.7. The number of nitrogens with zero attached hydrogens (tertiary/aromatic N) is 4. The van der Waals surface area contributed by atoms with Gasteiger partial charge in [0.2, 0.25) is 0 Å². The lowest BCUT2D eigenvalue weighted by atomic mass is 10.1. The van der Waals surface area contributed by atoms with Gasteiger partial charge in [-0.2, -0.15) is 5.10 Å². The quantitative estimate of drug-likeness (QED) is 0.508. The van der Waals surface area contributed by atoms with Crippen LogP contribution < -0.4 is 5.32 Å². The van der Waals surface area contributed by atoms with E-state index in [1.54, 1.807) is 29.1 Å². The van der Waals surface area contributed by atoms with Crippen LogP contribution in [0.25, 0.3) is 22.5 Å². The topological polar surface area (TPSA) is 63.8 Å². The van der Waals surface area contributed by atoms with E-state index >= 15 is 0 Å². The minimum absolute atomic E-state index is 0.190. The first kappa shape index (κ1) is 20.4. The number of nitrogens with one attached hydrogen (secondary N) is 1. The number of morpholine rings is 1. The van der Waals surface area contributed by atoms with Crippen LogP contribution in [0.5, 0.6) is 0 Å². The Labute approximate surface area is 185 Å². The van der Waals surface area contributed by atoms with Gasteiger partial charge in [-0.3, -0.25) is 9.69 Å². The smallest absolute Gasteiger partial charge is 0.271 e. The van der Waals surface area contributed by atoms with E-state index in [1.807, 2.05) is 34.9 Å². The zero-order valence-electron chi connectivity index (χ0n) is 17.6. The largest absolute Gasteiger partial charge is 0.379 e. The fraction of sp³-hybridized carbons (Fsp3) is 0.250. The SMILES string of the molecule is O=C(NCCN1CCOCC1)c1ccn(-c2ccc3ccc(-c4ccc(F)cc4)cn23)n1. The Bertz CT molecular complexity index is 1220. The molecular formula is C24H24FN5O2. The second-order valence-electron chi connectivity index (χ2n) is 7.77. The molecule has 7 nitrogen and oxygen atoms in total. The zero-order chi connectivity index (χ0) is 21.9. The van der Waals surface area contributed by atoms with Crippen LogP contribution in [0.4, 0.5) is 4.39 Å². The summed E-state index contributed by atoms with van der Waals surface area (Å²) in [7, 11) is 0. The molecule has 1 amide bonds. The molecule has 4 heterocycles. The van der Waals surface area contributed by atoms with Crippen molar-refractivity contribution < 1.29 is 13.9 Å². The highest BCUT2D eigenvalue weighted by atomic mass is 19.1. The average Bonchev–Trinajstić information content (AvgIpc) is 3.47. The number of carbonyl (C=O) groups is 1. The van der Waals surface area contributed by atoms with Gasteiger partial charge < -0.3 is 14.5 Å². The predicted octanol–water partition coefficient (Wildman–Crippen LogP) is 2.99. The van der Waals surface area contributed by atoms with Crippen molar-refractivity contribution in [2.45, 2.75) is 0 Å². The third kappa shape index (κ3) is 4.28. The van der Waals surface area contributed by atoms with Crippen molar-refractivity contribution in [1.29, 1.82) is 0 Å². The van der Waals surface area contributed by atoms with Gasteiger partial charge in [-0.1, -0.05) is 18.2 Å². The van der Waals surface area contributed by atoms with E-state index in [2.05, 4.69) is 15.3 Å². The molecule has 1 fully saturated rings. The molecule has 3 aromatic heterocycles. The highest BCUT2D eigenvalue weighted by molar-refractivity contribution is 5.92. The van der Waals surface area contributed by atoms with Crippen molar-refractivity contribution in [3.63, 3.8) is 0 Å². The Morgan fingerprint density at radius 2 is 1.75 bits per heavy atom. The van der Waals surface area contributed by atoms with Crippen LogP contribution in [-0.2, 0) is 4.74 Å². The second-order valence-corrected chi connectivity index (χ2v) is 7.77. The van der Waals surface area contributed by atoms with Crippen LogP contribution in [0.15, 0.2) is 67.0 Å². The summed E-state index contributed by atoms with van der Waals surface area (Å²) in [5, 5.41) is 7.43. The monoisotopic (exact) mass is 433 g/mol. The fourth-order valence-electron chi connectivity index (χ4n) is 3.90. The van der Waals surface area contributed by atoms with Crippen molar-refractivity contribution in [1.82, 2.24) is 24.4 Å². The molecule has 5 rings (SSSR count). The Morgan fingerprint density at radius 1 is 1.00 bits per heavy atom. The number of rotatable bonds is 6. The molecule has 0 unspecified atom stereocenters. The molecule has 1 aromatic carbocycles. The van der Waals surface area contributed by atoms with Gasteiger partial charge in [0.1, 0.15) is 11.6 Å². The summed E-state index contributed by atoms with van der Waals surface area (Å²) >= 11 is 0. The van der Waals surface area contributed by atoms with Crippen LogP contribution in [-0.4, -0.2) is 64.4 Å². The standard InChI is InChI=1S/C24H24FN5O2/c25-20-4-1-18(2-5-20)19-3-6-21-7-8-23(29(21)17-19)30-11-9-22(27-30)24(31)26-10-12-28-13-15-32-16-14-28/h1-9,11,17H,10,12-16H2,(H,26,31). The van der Waals surface area contributed by atoms with Gasteiger partial charge in [0, 0.05) is 44.1 Å². The lowest BCUT2D eigenvalue weighted by Gasteiger charge is -2.26. The van der Waals surface area contributed by atoms with Gasteiger partial charge in [-0.05, 0) is 47.5 Å². The minimum atomic E-state index is -0.260. The molecule has 1 N–H and O–H groups in total. The summed E-state index contributed by atoms with van der Waals surface area (Å²) in [6.45, 7) is 4.64. The number of hydrogen-bond donors (Lipinski definition) is 1. The third-order valence-corrected chi connectivity index (χ3v) is 5.68. The first-order valence-electron chi connectivity index (χ1n) is 10.7. The highest BCUT2D eigenvalue weighted by Crippen LogP contribution is 2.23. The van der Waals surface area contributed by atoms with Crippen molar-refractivity contribution in [3.05, 3.63) is 78.5 Å². The molecule has 0 saturated carbocycles. The number of fused-ring (bicyclic) bond motifs is 1. The van der Waals surface area contributed by atoms with Gasteiger partial charge in [-0.25, -0.2) is 9.07 Å². The molecule has 8 heteroatoms. The molecule has 164 valence electrons. The van der Waals surface area contributed by atoms with Gasteiger partial charge in [0.05, 0.1) is 13.2 Å². The van der Waals surface area contributed by atoms with Crippen molar-refractivity contribution in [2.75, 3.05) is 39.4 Å². The molecule has 1 saturated heterocycles. The molecule has 4 aromatic rings. The van der Waals surface area contributed by atoms with Crippen molar-refractivity contribution in [3.8, 4) is 16.9 Å².